The summed E-state index contributed by atoms with van der Waals surface area (Å²) in [5, 5.41) is 12.1. The second-order valence-electron chi connectivity index (χ2n) is 6.14. The van der Waals surface area contributed by atoms with Crippen LogP contribution in [0.1, 0.15) is 44.9 Å². The maximum absolute atomic E-state index is 11.9. The Balaban J connectivity index is 1.74. The molecule has 5 heteroatoms. The first-order chi connectivity index (χ1) is 9.02. The van der Waals surface area contributed by atoms with Crippen LogP contribution in [0.2, 0.25) is 0 Å². The summed E-state index contributed by atoms with van der Waals surface area (Å²) in [5.41, 5.74) is -0.574. The third-order valence-electron chi connectivity index (χ3n) is 4.72. The van der Waals surface area contributed by atoms with Crippen molar-refractivity contribution in [3.05, 3.63) is 0 Å². The number of ether oxygens (including phenoxy) is 1. The van der Waals surface area contributed by atoms with Crippen LogP contribution in [0.15, 0.2) is 0 Å². The molecule has 2 aliphatic carbocycles. The monoisotopic (exact) mass is 269 g/mol. The summed E-state index contributed by atoms with van der Waals surface area (Å²) in [4.78, 5) is 23.1. The molecule has 0 bridgehead atoms. The van der Waals surface area contributed by atoms with E-state index in [1.165, 1.54) is 0 Å². The smallest absolute Gasteiger partial charge is 0.310 e. The molecular weight excluding hydrogens is 246 g/mol. The standard InChI is InChI=1S/C14H23NO4/c1-19-8-7-13(5-6-13)10-15-11(16)9-14(12(17)18)3-2-4-14/h2-10H2,1H3,(H,15,16)(H,17,18). The lowest BCUT2D eigenvalue weighted by atomic mass is 9.66. The van der Waals surface area contributed by atoms with Gasteiger partial charge in [-0.1, -0.05) is 6.42 Å². The van der Waals surface area contributed by atoms with E-state index in [0.717, 1.165) is 32.3 Å². The minimum atomic E-state index is -0.825. The van der Waals surface area contributed by atoms with Crippen LogP contribution >= 0.6 is 0 Å². The Morgan fingerprint density at radius 2 is 1.95 bits per heavy atom. The molecule has 2 N–H and O–H groups in total. The van der Waals surface area contributed by atoms with Gasteiger partial charge in [0.2, 0.25) is 5.91 Å². The highest BCUT2D eigenvalue weighted by atomic mass is 16.5. The molecule has 2 fully saturated rings. The first kappa shape index (κ1) is 14.3. The van der Waals surface area contributed by atoms with Crippen LogP contribution in [0.5, 0.6) is 0 Å². The van der Waals surface area contributed by atoms with Crippen LogP contribution in [0.25, 0.3) is 0 Å². The van der Waals surface area contributed by atoms with Crippen molar-refractivity contribution in [1.29, 1.82) is 0 Å². The largest absolute Gasteiger partial charge is 0.481 e. The molecule has 0 aromatic carbocycles. The number of amides is 1. The molecule has 0 aromatic heterocycles. The van der Waals surface area contributed by atoms with Crippen molar-refractivity contribution in [3.63, 3.8) is 0 Å². The van der Waals surface area contributed by atoms with E-state index in [1.807, 2.05) is 0 Å². The molecule has 0 atom stereocenters. The van der Waals surface area contributed by atoms with E-state index in [-0.39, 0.29) is 17.7 Å². The average Bonchev–Trinajstić information content (AvgIpc) is 3.09. The van der Waals surface area contributed by atoms with Gasteiger partial charge in [-0.15, -0.1) is 0 Å². The molecule has 5 nitrogen and oxygen atoms in total. The number of methoxy groups -OCH3 is 1. The second kappa shape index (κ2) is 5.49. The fourth-order valence-electron chi connectivity index (χ4n) is 2.74. The summed E-state index contributed by atoms with van der Waals surface area (Å²) < 4.78 is 5.07. The topological polar surface area (TPSA) is 75.6 Å². The Bertz CT molecular complexity index is 358. The van der Waals surface area contributed by atoms with Gasteiger partial charge >= 0.3 is 5.97 Å². The summed E-state index contributed by atoms with van der Waals surface area (Å²) in [7, 11) is 1.68. The van der Waals surface area contributed by atoms with Crippen LogP contribution in [0.3, 0.4) is 0 Å². The SMILES string of the molecule is COCCC1(CNC(=O)CC2(C(=O)O)CCC2)CC1. The van der Waals surface area contributed by atoms with Gasteiger partial charge in [-0.25, -0.2) is 0 Å². The van der Waals surface area contributed by atoms with Crippen LogP contribution < -0.4 is 5.32 Å². The molecule has 0 aromatic rings. The van der Waals surface area contributed by atoms with Crippen molar-refractivity contribution in [2.45, 2.75) is 44.9 Å². The average molecular weight is 269 g/mol. The number of aliphatic carboxylic acids is 1. The Labute approximate surface area is 113 Å². The zero-order valence-corrected chi connectivity index (χ0v) is 11.5. The summed E-state index contributed by atoms with van der Waals surface area (Å²) in [5.74, 6) is -0.944. The van der Waals surface area contributed by atoms with Gasteiger partial charge in [-0.3, -0.25) is 9.59 Å². The van der Waals surface area contributed by atoms with E-state index in [1.54, 1.807) is 7.11 Å². The van der Waals surface area contributed by atoms with Gasteiger partial charge in [0.05, 0.1) is 5.41 Å². The van der Waals surface area contributed by atoms with E-state index in [2.05, 4.69) is 5.32 Å². The molecule has 0 radical (unpaired) electrons. The lowest BCUT2D eigenvalue weighted by Gasteiger charge is -2.37. The minimum absolute atomic E-state index is 0.120. The zero-order valence-electron chi connectivity index (χ0n) is 11.5. The predicted octanol–water partition coefficient (Wildman–Crippen LogP) is 1.56. The number of rotatable bonds is 8. The molecule has 108 valence electrons. The van der Waals surface area contributed by atoms with Gasteiger partial charge in [0.1, 0.15) is 0 Å². The first-order valence-corrected chi connectivity index (χ1v) is 7.01. The fourth-order valence-corrected chi connectivity index (χ4v) is 2.74. The molecule has 2 rings (SSSR count). The van der Waals surface area contributed by atoms with E-state index in [0.29, 0.717) is 19.4 Å². The quantitative estimate of drug-likeness (QED) is 0.701. The fraction of sp³-hybridized carbons (Fsp3) is 0.857. The highest BCUT2D eigenvalue weighted by Crippen LogP contribution is 2.48. The maximum Gasteiger partial charge on any atom is 0.310 e. The van der Waals surface area contributed by atoms with Crippen molar-refractivity contribution in [1.82, 2.24) is 5.32 Å². The molecule has 19 heavy (non-hydrogen) atoms. The van der Waals surface area contributed by atoms with Gasteiger partial charge in [-0.2, -0.15) is 0 Å². The summed E-state index contributed by atoms with van der Waals surface area (Å²) >= 11 is 0. The molecular formula is C14H23NO4. The number of carbonyl (C=O) groups excluding carboxylic acids is 1. The summed E-state index contributed by atoms with van der Waals surface area (Å²) in [6, 6.07) is 0. The van der Waals surface area contributed by atoms with Gasteiger partial charge in [0.25, 0.3) is 0 Å². The van der Waals surface area contributed by atoms with Crippen LogP contribution in [-0.2, 0) is 14.3 Å². The van der Waals surface area contributed by atoms with Crippen LogP contribution in [0, 0.1) is 10.8 Å². The van der Waals surface area contributed by atoms with Crippen LogP contribution in [0.4, 0.5) is 0 Å². The van der Waals surface area contributed by atoms with Gasteiger partial charge < -0.3 is 15.2 Å². The number of carboxylic acid groups (broad SMARTS) is 1. The molecule has 0 spiro atoms. The third-order valence-corrected chi connectivity index (χ3v) is 4.72. The van der Waals surface area contributed by atoms with Crippen molar-refractivity contribution in [2.75, 3.05) is 20.3 Å². The summed E-state index contributed by atoms with van der Waals surface area (Å²) in [6.45, 7) is 1.37. The lowest BCUT2D eigenvalue weighted by molar-refractivity contribution is -0.157. The number of carboxylic acids is 1. The molecule has 0 heterocycles. The molecule has 2 saturated carbocycles. The van der Waals surface area contributed by atoms with Crippen molar-refractivity contribution < 1.29 is 19.4 Å². The van der Waals surface area contributed by atoms with Crippen LogP contribution in [-0.4, -0.2) is 37.2 Å². The van der Waals surface area contributed by atoms with Gasteiger partial charge in [0.15, 0.2) is 0 Å². The number of hydrogen-bond acceptors (Lipinski definition) is 3. The van der Waals surface area contributed by atoms with E-state index in [4.69, 9.17) is 4.74 Å². The zero-order chi connectivity index (χ0) is 13.9. The third kappa shape index (κ3) is 3.26. The van der Waals surface area contributed by atoms with Gasteiger partial charge in [-0.05, 0) is 37.5 Å². The minimum Gasteiger partial charge on any atom is -0.481 e. The molecule has 0 aliphatic heterocycles. The Kier molecular flexibility index (Phi) is 4.13. The van der Waals surface area contributed by atoms with Crippen molar-refractivity contribution in [3.8, 4) is 0 Å². The maximum atomic E-state index is 11.9. The second-order valence-corrected chi connectivity index (χ2v) is 6.14. The number of nitrogens with one attached hydrogen (secondary N) is 1. The Morgan fingerprint density at radius 1 is 1.26 bits per heavy atom. The lowest BCUT2D eigenvalue weighted by Crippen LogP contribution is -2.43. The number of carbonyl (C=O) groups is 2. The molecule has 1 amide bonds. The summed E-state index contributed by atoms with van der Waals surface area (Å²) in [6.07, 6.45) is 5.52. The predicted molar refractivity (Wildman–Crippen MR) is 69.7 cm³/mol. The van der Waals surface area contributed by atoms with Crippen molar-refractivity contribution in [2.24, 2.45) is 10.8 Å². The van der Waals surface area contributed by atoms with Gasteiger partial charge in [0, 0.05) is 26.7 Å². The van der Waals surface area contributed by atoms with Crippen molar-refractivity contribution >= 4 is 11.9 Å². The molecule has 0 unspecified atom stereocenters. The number of hydrogen-bond donors (Lipinski definition) is 2. The Morgan fingerprint density at radius 3 is 2.37 bits per heavy atom. The van der Waals surface area contributed by atoms with E-state index >= 15 is 0 Å². The molecule has 2 aliphatic rings. The highest BCUT2D eigenvalue weighted by molar-refractivity contribution is 5.85. The van der Waals surface area contributed by atoms with E-state index < -0.39 is 11.4 Å². The normalized spacial score (nSPS) is 22.4. The van der Waals surface area contributed by atoms with E-state index in [9.17, 15) is 14.7 Å². The first-order valence-electron chi connectivity index (χ1n) is 7.01. The Hall–Kier alpha value is -1.10. The molecule has 0 saturated heterocycles. The highest BCUT2D eigenvalue weighted by Gasteiger charge is 2.47.